The first-order chi connectivity index (χ1) is 13.9. The van der Waals surface area contributed by atoms with E-state index in [0.29, 0.717) is 51.0 Å². The fourth-order valence-electron chi connectivity index (χ4n) is 3.63. The molecule has 9 heteroatoms. The number of benzene rings is 1. The molecular formula is C20H27N3O6. The normalized spacial score (nSPS) is 19.0. The Morgan fingerprint density at radius 1 is 1.21 bits per heavy atom. The van der Waals surface area contributed by atoms with Crippen LogP contribution in [0.2, 0.25) is 0 Å². The van der Waals surface area contributed by atoms with E-state index in [2.05, 4.69) is 6.92 Å². The molecule has 0 N–H and O–H groups in total. The van der Waals surface area contributed by atoms with Crippen molar-refractivity contribution in [3.8, 4) is 0 Å². The molecule has 29 heavy (non-hydrogen) atoms. The van der Waals surface area contributed by atoms with Crippen LogP contribution in [0.4, 0.5) is 11.4 Å². The number of anilines is 1. The Hall–Kier alpha value is -2.68. The predicted molar refractivity (Wildman–Crippen MR) is 106 cm³/mol. The van der Waals surface area contributed by atoms with Crippen LogP contribution in [0.1, 0.15) is 37.0 Å². The minimum absolute atomic E-state index is 0.0561. The van der Waals surface area contributed by atoms with Crippen molar-refractivity contribution in [2.45, 2.75) is 32.8 Å². The molecule has 0 bridgehead atoms. The third kappa shape index (κ3) is 5.03. The van der Waals surface area contributed by atoms with E-state index in [1.807, 2.05) is 4.90 Å². The molecule has 2 fully saturated rings. The van der Waals surface area contributed by atoms with Gasteiger partial charge in [-0.15, -0.1) is 0 Å². The topological polar surface area (TPSA) is 102 Å². The summed E-state index contributed by atoms with van der Waals surface area (Å²) in [6.45, 7) is 7.08. The fraction of sp³-hybridized carbons (Fsp3) is 0.600. The number of nitro benzene ring substituents is 1. The van der Waals surface area contributed by atoms with Crippen molar-refractivity contribution >= 4 is 23.3 Å². The second-order valence-electron chi connectivity index (χ2n) is 7.62. The number of hydrogen-bond donors (Lipinski definition) is 0. The molecule has 2 heterocycles. The Balaban J connectivity index is 1.69. The molecule has 9 nitrogen and oxygen atoms in total. The lowest BCUT2D eigenvalue weighted by Crippen LogP contribution is -2.44. The molecule has 1 atom stereocenters. The molecule has 0 saturated carbocycles. The Kier molecular flexibility index (Phi) is 6.68. The third-order valence-electron chi connectivity index (χ3n) is 5.49. The number of ether oxygens (including phenoxy) is 2. The number of nitro groups is 1. The van der Waals surface area contributed by atoms with Crippen molar-refractivity contribution in [1.29, 1.82) is 0 Å². The molecule has 2 aliphatic rings. The number of likely N-dealkylation sites (tertiary alicyclic amines) is 1. The molecule has 1 aromatic carbocycles. The highest BCUT2D eigenvalue weighted by Crippen LogP contribution is 2.30. The van der Waals surface area contributed by atoms with Gasteiger partial charge in [-0.2, -0.15) is 0 Å². The molecule has 0 radical (unpaired) electrons. The lowest BCUT2D eigenvalue weighted by Gasteiger charge is -2.32. The van der Waals surface area contributed by atoms with Crippen LogP contribution >= 0.6 is 0 Å². The highest BCUT2D eigenvalue weighted by atomic mass is 16.6. The molecule has 0 aliphatic carbocycles. The molecule has 1 aromatic rings. The Labute approximate surface area is 169 Å². The SMILES string of the molecule is CC1CCN(C(=O)[C@H](C)OC(=O)c2ccc(N3CCOCC3)c([N+](=O)[O-])c2)CC1. The highest BCUT2D eigenvalue weighted by Gasteiger charge is 2.28. The van der Waals surface area contributed by atoms with E-state index in [9.17, 15) is 19.7 Å². The van der Waals surface area contributed by atoms with Crippen LogP contribution < -0.4 is 4.90 Å². The van der Waals surface area contributed by atoms with Gasteiger partial charge in [0.25, 0.3) is 11.6 Å². The number of rotatable bonds is 5. The number of carbonyl (C=O) groups is 2. The molecule has 3 rings (SSSR count). The summed E-state index contributed by atoms with van der Waals surface area (Å²) in [5.74, 6) is -0.389. The first-order valence-corrected chi connectivity index (χ1v) is 9.97. The molecule has 0 aromatic heterocycles. The highest BCUT2D eigenvalue weighted by molar-refractivity contribution is 5.93. The van der Waals surface area contributed by atoms with Gasteiger partial charge in [0.15, 0.2) is 6.10 Å². The fourth-order valence-corrected chi connectivity index (χ4v) is 3.63. The molecule has 2 aliphatic heterocycles. The van der Waals surface area contributed by atoms with E-state index in [1.165, 1.54) is 19.1 Å². The zero-order chi connectivity index (χ0) is 21.0. The van der Waals surface area contributed by atoms with E-state index >= 15 is 0 Å². The van der Waals surface area contributed by atoms with Gasteiger partial charge in [0.05, 0.1) is 23.7 Å². The summed E-state index contributed by atoms with van der Waals surface area (Å²) in [7, 11) is 0. The Morgan fingerprint density at radius 3 is 2.48 bits per heavy atom. The maximum atomic E-state index is 12.5. The van der Waals surface area contributed by atoms with E-state index in [4.69, 9.17) is 9.47 Å². The van der Waals surface area contributed by atoms with Crippen LogP contribution in [-0.4, -0.2) is 67.2 Å². The Bertz CT molecular complexity index is 769. The van der Waals surface area contributed by atoms with Crippen molar-refractivity contribution in [1.82, 2.24) is 4.90 Å². The molecular weight excluding hydrogens is 378 g/mol. The summed E-state index contributed by atoms with van der Waals surface area (Å²) < 4.78 is 10.6. The van der Waals surface area contributed by atoms with Crippen molar-refractivity contribution in [3.63, 3.8) is 0 Å². The maximum Gasteiger partial charge on any atom is 0.339 e. The quantitative estimate of drug-likeness (QED) is 0.420. The summed E-state index contributed by atoms with van der Waals surface area (Å²) in [4.78, 5) is 39.6. The monoisotopic (exact) mass is 405 g/mol. The first kappa shape index (κ1) is 21.0. The van der Waals surface area contributed by atoms with Crippen LogP contribution in [0.25, 0.3) is 0 Å². The van der Waals surface area contributed by atoms with Gasteiger partial charge in [-0.3, -0.25) is 14.9 Å². The first-order valence-electron chi connectivity index (χ1n) is 9.97. The maximum absolute atomic E-state index is 12.5. The number of nitrogens with zero attached hydrogens (tertiary/aromatic N) is 3. The number of morpholine rings is 1. The zero-order valence-electron chi connectivity index (χ0n) is 16.8. The number of hydrogen-bond acceptors (Lipinski definition) is 7. The lowest BCUT2D eigenvalue weighted by molar-refractivity contribution is -0.384. The van der Waals surface area contributed by atoms with Crippen LogP contribution in [0.3, 0.4) is 0 Å². The summed E-state index contributed by atoms with van der Waals surface area (Å²) >= 11 is 0. The van der Waals surface area contributed by atoms with Gasteiger partial charge in [0.2, 0.25) is 0 Å². The largest absolute Gasteiger partial charge is 0.449 e. The number of esters is 1. The van der Waals surface area contributed by atoms with Crippen LogP contribution in [0.15, 0.2) is 18.2 Å². The number of piperidine rings is 1. The van der Waals surface area contributed by atoms with Crippen molar-refractivity contribution < 1.29 is 24.0 Å². The molecule has 0 spiro atoms. The van der Waals surface area contributed by atoms with Crippen LogP contribution in [0, 0.1) is 16.0 Å². The third-order valence-corrected chi connectivity index (χ3v) is 5.49. The van der Waals surface area contributed by atoms with E-state index in [0.717, 1.165) is 12.8 Å². The standard InChI is InChI=1S/C20H27N3O6/c1-14-5-7-22(8-6-14)19(24)15(2)29-20(25)16-3-4-17(18(13-16)23(26)27)21-9-11-28-12-10-21/h3-4,13-15H,5-12H2,1-2H3/t15-/m0/s1. The van der Waals surface area contributed by atoms with Gasteiger partial charge in [0, 0.05) is 32.2 Å². The predicted octanol–water partition coefficient (Wildman–Crippen LogP) is 2.24. The van der Waals surface area contributed by atoms with Gasteiger partial charge in [-0.05, 0) is 37.8 Å². The molecule has 0 unspecified atom stereocenters. The van der Waals surface area contributed by atoms with Crippen LogP contribution in [-0.2, 0) is 14.3 Å². The van der Waals surface area contributed by atoms with Gasteiger partial charge >= 0.3 is 5.97 Å². The molecule has 1 amide bonds. The zero-order valence-corrected chi connectivity index (χ0v) is 16.8. The summed E-state index contributed by atoms with van der Waals surface area (Å²) in [5, 5.41) is 11.5. The minimum Gasteiger partial charge on any atom is -0.449 e. The van der Waals surface area contributed by atoms with Crippen molar-refractivity contribution in [2.24, 2.45) is 5.92 Å². The molecule has 2 saturated heterocycles. The van der Waals surface area contributed by atoms with E-state index < -0.39 is 17.0 Å². The van der Waals surface area contributed by atoms with E-state index in [1.54, 1.807) is 11.0 Å². The van der Waals surface area contributed by atoms with Crippen molar-refractivity contribution in [2.75, 3.05) is 44.3 Å². The Morgan fingerprint density at radius 2 is 1.86 bits per heavy atom. The lowest BCUT2D eigenvalue weighted by atomic mass is 9.99. The van der Waals surface area contributed by atoms with Gasteiger partial charge in [-0.25, -0.2) is 4.79 Å². The average molecular weight is 405 g/mol. The second-order valence-corrected chi connectivity index (χ2v) is 7.62. The van der Waals surface area contributed by atoms with Gasteiger partial charge in [0.1, 0.15) is 5.69 Å². The summed E-state index contributed by atoms with van der Waals surface area (Å²) in [6, 6.07) is 4.27. The molecule has 158 valence electrons. The number of amides is 1. The van der Waals surface area contributed by atoms with Crippen LogP contribution in [0.5, 0.6) is 0 Å². The smallest absolute Gasteiger partial charge is 0.339 e. The van der Waals surface area contributed by atoms with Crippen molar-refractivity contribution in [3.05, 3.63) is 33.9 Å². The minimum atomic E-state index is -0.936. The van der Waals surface area contributed by atoms with Gasteiger partial charge in [-0.1, -0.05) is 6.92 Å². The summed E-state index contributed by atoms with van der Waals surface area (Å²) in [6.07, 6.45) is 0.928. The van der Waals surface area contributed by atoms with E-state index in [-0.39, 0.29) is 17.2 Å². The average Bonchev–Trinajstić information content (AvgIpc) is 2.73. The van der Waals surface area contributed by atoms with Gasteiger partial charge < -0.3 is 19.3 Å². The summed E-state index contributed by atoms with van der Waals surface area (Å²) in [5.41, 5.74) is 0.340. The number of carbonyl (C=O) groups excluding carboxylic acids is 2. The second kappa shape index (κ2) is 9.21.